The number of anilines is 4. The molecule has 3 aliphatic rings. The van der Waals surface area contributed by atoms with Gasteiger partial charge in [-0.15, -0.1) is 0 Å². The molecule has 1 aromatic heterocycles. The largest absolute Gasteiger partial charge is 0.495 e. The number of nitrogens with one attached hydrogen (secondary N) is 3. The lowest BCUT2D eigenvalue weighted by molar-refractivity contribution is -0.116. The summed E-state index contributed by atoms with van der Waals surface area (Å²) in [5.41, 5.74) is 1.82. The van der Waals surface area contributed by atoms with E-state index in [-0.39, 0.29) is 17.9 Å². The number of methoxy groups -OCH3 is 1. The number of amides is 2. The summed E-state index contributed by atoms with van der Waals surface area (Å²) in [5, 5.41) is 9.27. The predicted octanol–water partition coefficient (Wildman–Crippen LogP) is 3.62. The summed E-state index contributed by atoms with van der Waals surface area (Å²) < 4.78 is 10.9. The van der Waals surface area contributed by atoms with Crippen LogP contribution in [-0.4, -0.2) is 60.7 Å². The Morgan fingerprint density at radius 3 is 2.75 bits per heavy atom. The number of aromatic nitrogens is 2. The summed E-state index contributed by atoms with van der Waals surface area (Å²) in [6.45, 7) is 1.97. The molecular formula is C26H34N6O4. The van der Waals surface area contributed by atoms with Gasteiger partial charge in [0.15, 0.2) is 5.82 Å². The molecule has 1 aliphatic carbocycles. The SMILES string of the molecule is COc1cc(C(=O)NC2CCOCC2)ccc1Nc1ncc2c(n1)N(C1CCCCC1)CCC(=O)N2. The molecule has 10 heteroatoms. The van der Waals surface area contributed by atoms with Crippen LogP contribution in [0.3, 0.4) is 0 Å². The first-order chi connectivity index (χ1) is 17.6. The van der Waals surface area contributed by atoms with Crippen molar-refractivity contribution in [2.75, 3.05) is 42.4 Å². The fourth-order valence-corrected chi connectivity index (χ4v) is 5.20. The third-order valence-corrected chi connectivity index (χ3v) is 7.18. The quantitative estimate of drug-likeness (QED) is 0.557. The zero-order valence-corrected chi connectivity index (χ0v) is 20.7. The van der Waals surface area contributed by atoms with Crippen LogP contribution < -0.4 is 25.6 Å². The van der Waals surface area contributed by atoms with Gasteiger partial charge in [-0.2, -0.15) is 4.98 Å². The minimum Gasteiger partial charge on any atom is -0.495 e. The number of carbonyl (C=O) groups is 2. The van der Waals surface area contributed by atoms with Gasteiger partial charge >= 0.3 is 0 Å². The molecule has 0 spiro atoms. The lowest BCUT2D eigenvalue weighted by Gasteiger charge is -2.34. The summed E-state index contributed by atoms with van der Waals surface area (Å²) in [5.74, 6) is 1.52. The first-order valence-corrected chi connectivity index (χ1v) is 12.9. The van der Waals surface area contributed by atoms with E-state index in [0.717, 1.165) is 31.5 Å². The van der Waals surface area contributed by atoms with Crippen LogP contribution in [0.25, 0.3) is 0 Å². The summed E-state index contributed by atoms with van der Waals surface area (Å²) in [4.78, 5) is 36.6. The number of benzene rings is 1. The van der Waals surface area contributed by atoms with Gasteiger partial charge in [-0.1, -0.05) is 19.3 Å². The minimum atomic E-state index is -0.133. The summed E-state index contributed by atoms with van der Waals surface area (Å²) >= 11 is 0. The van der Waals surface area contributed by atoms with E-state index in [1.54, 1.807) is 31.5 Å². The zero-order chi connectivity index (χ0) is 24.9. The summed E-state index contributed by atoms with van der Waals surface area (Å²) in [6.07, 6.45) is 9.57. The monoisotopic (exact) mass is 494 g/mol. The second-order valence-corrected chi connectivity index (χ2v) is 9.61. The van der Waals surface area contributed by atoms with Gasteiger partial charge in [-0.25, -0.2) is 4.98 Å². The van der Waals surface area contributed by atoms with E-state index in [1.165, 1.54) is 19.3 Å². The Balaban J connectivity index is 1.35. The molecule has 3 N–H and O–H groups in total. The average Bonchev–Trinajstić information content (AvgIpc) is 3.08. The van der Waals surface area contributed by atoms with Crippen LogP contribution in [0.1, 0.15) is 61.7 Å². The van der Waals surface area contributed by atoms with Crippen molar-refractivity contribution in [2.45, 2.75) is 63.5 Å². The molecule has 1 aromatic carbocycles. The molecule has 1 saturated carbocycles. The molecule has 2 aliphatic heterocycles. The molecular weight excluding hydrogens is 460 g/mol. The van der Waals surface area contributed by atoms with Crippen LogP contribution in [0.15, 0.2) is 24.4 Å². The molecule has 2 amide bonds. The van der Waals surface area contributed by atoms with E-state index in [0.29, 0.717) is 60.9 Å². The maximum atomic E-state index is 12.8. The summed E-state index contributed by atoms with van der Waals surface area (Å²) in [7, 11) is 1.57. The maximum absolute atomic E-state index is 12.8. The Kier molecular flexibility index (Phi) is 7.50. The van der Waals surface area contributed by atoms with Gasteiger partial charge in [0.05, 0.1) is 19.0 Å². The van der Waals surface area contributed by atoms with E-state index in [1.807, 2.05) is 0 Å². The molecule has 1 saturated heterocycles. The molecule has 0 unspecified atom stereocenters. The predicted molar refractivity (Wildman–Crippen MR) is 137 cm³/mol. The molecule has 5 rings (SSSR count). The topological polar surface area (TPSA) is 118 Å². The third kappa shape index (κ3) is 5.53. The van der Waals surface area contributed by atoms with Crippen LogP contribution in [0.5, 0.6) is 5.75 Å². The van der Waals surface area contributed by atoms with Gasteiger partial charge in [0.1, 0.15) is 11.4 Å². The highest BCUT2D eigenvalue weighted by atomic mass is 16.5. The first kappa shape index (κ1) is 24.3. The van der Waals surface area contributed by atoms with Gasteiger partial charge < -0.3 is 30.3 Å². The average molecular weight is 495 g/mol. The van der Waals surface area contributed by atoms with Gasteiger partial charge in [-0.3, -0.25) is 9.59 Å². The zero-order valence-electron chi connectivity index (χ0n) is 20.7. The normalized spacial score (nSPS) is 19.1. The van der Waals surface area contributed by atoms with E-state index >= 15 is 0 Å². The van der Waals surface area contributed by atoms with Gasteiger partial charge in [0.25, 0.3) is 5.91 Å². The number of nitrogens with zero attached hydrogens (tertiary/aromatic N) is 3. The smallest absolute Gasteiger partial charge is 0.251 e. The number of hydrogen-bond acceptors (Lipinski definition) is 8. The van der Waals surface area contributed by atoms with E-state index in [4.69, 9.17) is 14.5 Å². The molecule has 0 bridgehead atoms. The lowest BCUT2D eigenvalue weighted by Crippen LogP contribution is -2.38. The standard InChI is InChI=1S/C26H34N6O4/c1-35-22-15-17(25(34)28-18-10-13-36-14-11-18)7-8-20(22)30-26-27-16-21-24(31-26)32(12-9-23(33)29-21)19-5-3-2-4-6-19/h7-8,15-16,18-19H,2-6,9-14H2,1H3,(H,28,34)(H,29,33)(H,27,30,31). The van der Waals surface area contributed by atoms with Crippen molar-refractivity contribution in [1.82, 2.24) is 15.3 Å². The lowest BCUT2D eigenvalue weighted by atomic mass is 9.94. The van der Waals surface area contributed by atoms with Crippen molar-refractivity contribution < 1.29 is 19.1 Å². The molecule has 10 nitrogen and oxygen atoms in total. The Morgan fingerprint density at radius 1 is 1.17 bits per heavy atom. The molecule has 36 heavy (non-hydrogen) atoms. The number of fused-ring (bicyclic) bond motifs is 1. The number of carbonyl (C=O) groups excluding carboxylic acids is 2. The fraction of sp³-hybridized carbons (Fsp3) is 0.538. The van der Waals surface area contributed by atoms with Crippen LogP contribution in [0.4, 0.5) is 23.1 Å². The Bertz CT molecular complexity index is 1100. The maximum Gasteiger partial charge on any atom is 0.251 e. The molecule has 0 radical (unpaired) electrons. The molecule has 3 heterocycles. The Labute approximate surface area is 211 Å². The van der Waals surface area contributed by atoms with Crippen LogP contribution in [0, 0.1) is 0 Å². The molecule has 0 atom stereocenters. The highest BCUT2D eigenvalue weighted by Crippen LogP contribution is 2.34. The Hall–Kier alpha value is -3.40. The second-order valence-electron chi connectivity index (χ2n) is 9.61. The van der Waals surface area contributed by atoms with E-state index in [2.05, 4.69) is 25.8 Å². The van der Waals surface area contributed by atoms with Gasteiger partial charge in [0.2, 0.25) is 11.9 Å². The highest BCUT2D eigenvalue weighted by Gasteiger charge is 2.28. The number of rotatable bonds is 6. The second kappa shape index (κ2) is 11.1. The van der Waals surface area contributed by atoms with E-state index in [9.17, 15) is 9.59 Å². The fourth-order valence-electron chi connectivity index (χ4n) is 5.20. The molecule has 2 fully saturated rings. The highest BCUT2D eigenvalue weighted by molar-refractivity contribution is 5.96. The van der Waals surface area contributed by atoms with Crippen molar-refractivity contribution >= 4 is 35.0 Å². The van der Waals surface area contributed by atoms with Gasteiger partial charge in [0, 0.05) is 43.8 Å². The van der Waals surface area contributed by atoms with Crippen molar-refractivity contribution in [1.29, 1.82) is 0 Å². The van der Waals surface area contributed by atoms with Crippen molar-refractivity contribution in [3.63, 3.8) is 0 Å². The van der Waals surface area contributed by atoms with Crippen molar-refractivity contribution in [3.05, 3.63) is 30.0 Å². The minimum absolute atomic E-state index is 0.0184. The molecule has 2 aromatic rings. The van der Waals surface area contributed by atoms with Crippen LogP contribution in [0.2, 0.25) is 0 Å². The third-order valence-electron chi connectivity index (χ3n) is 7.18. The summed E-state index contributed by atoms with van der Waals surface area (Å²) in [6, 6.07) is 5.77. The molecule has 192 valence electrons. The van der Waals surface area contributed by atoms with Crippen molar-refractivity contribution in [3.8, 4) is 5.75 Å². The van der Waals surface area contributed by atoms with E-state index < -0.39 is 0 Å². The van der Waals surface area contributed by atoms with Crippen LogP contribution in [-0.2, 0) is 9.53 Å². The number of hydrogen-bond donors (Lipinski definition) is 3. The van der Waals surface area contributed by atoms with Gasteiger partial charge in [-0.05, 0) is 43.9 Å². The van der Waals surface area contributed by atoms with Crippen molar-refractivity contribution in [2.24, 2.45) is 0 Å². The van der Waals surface area contributed by atoms with Crippen LogP contribution >= 0.6 is 0 Å². The Morgan fingerprint density at radius 2 is 1.97 bits per heavy atom. The first-order valence-electron chi connectivity index (χ1n) is 12.9. The number of ether oxygens (including phenoxy) is 2.